The summed E-state index contributed by atoms with van der Waals surface area (Å²) in [5, 5.41) is 2.65. The highest BCUT2D eigenvalue weighted by atomic mass is 19.1. The van der Waals surface area contributed by atoms with E-state index in [-0.39, 0.29) is 35.2 Å². The van der Waals surface area contributed by atoms with Gasteiger partial charge in [-0.05, 0) is 24.1 Å². The molecule has 1 N–H and O–H groups in total. The Morgan fingerprint density at radius 1 is 1.26 bits per heavy atom. The first-order chi connectivity index (χ1) is 12.7. The van der Waals surface area contributed by atoms with Crippen LogP contribution in [0.1, 0.15) is 46.7 Å². The number of rotatable bonds is 4. The van der Waals surface area contributed by atoms with Crippen LogP contribution in [0.3, 0.4) is 0 Å². The molecule has 0 aliphatic carbocycles. The number of methoxy groups -OCH3 is 1. The number of carbonyl (C=O) groups excluding carboxylic acids is 2. The molecule has 2 aromatic rings. The number of pyridine rings is 1. The number of nitrogens with zero attached hydrogens (tertiary/aromatic N) is 1. The Bertz CT molecular complexity index is 961. The van der Waals surface area contributed by atoms with Crippen LogP contribution in [0.2, 0.25) is 0 Å². The zero-order chi connectivity index (χ0) is 19.8. The second kappa shape index (κ2) is 6.98. The highest BCUT2D eigenvalue weighted by molar-refractivity contribution is 6.03. The van der Waals surface area contributed by atoms with Crippen LogP contribution in [-0.2, 0) is 13.1 Å². The number of nitrogens with one attached hydrogen (secondary N) is 1. The predicted molar refractivity (Wildman–Crippen MR) is 97.6 cm³/mol. The number of benzene rings is 1. The molecule has 1 aliphatic rings. The van der Waals surface area contributed by atoms with Crippen molar-refractivity contribution in [1.82, 2.24) is 9.88 Å². The molecule has 142 valence electrons. The van der Waals surface area contributed by atoms with Gasteiger partial charge in [-0.2, -0.15) is 0 Å². The zero-order valence-corrected chi connectivity index (χ0v) is 15.5. The van der Waals surface area contributed by atoms with Gasteiger partial charge in [0.1, 0.15) is 17.1 Å². The van der Waals surface area contributed by atoms with Crippen LogP contribution in [0.15, 0.2) is 35.3 Å². The van der Waals surface area contributed by atoms with Crippen molar-refractivity contribution in [3.8, 4) is 5.75 Å². The Balaban J connectivity index is 1.92. The van der Waals surface area contributed by atoms with Gasteiger partial charge in [-0.1, -0.05) is 26.0 Å². The third-order valence-electron chi connectivity index (χ3n) is 4.86. The SMILES string of the molecule is COc1c2n(cc(C(=O)NCc3ccc(F)cc3)c1=O)CCC(C)(C)C2=O. The number of hydrogen-bond acceptors (Lipinski definition) is 4. The van der Waals surface area contributed by atoms with E-state index in [1.54, 1.807) is 16.7 Å². The molecule has 3 rings (SSSR count). The first-order valence-corrected chi connectivity index (χ1v) is 8.63. The second-order valence-corrected chi connectivity index (χ2v) is 7.22. The maximum atomic E-state index is 13.0. The van der Waals surface area contributed by atoms with E-state index < -0.39 is 16.8 Å². The minimum Gasteiger partial charge on any atom is -0.491 e. The van der Waals surface area contributed by atoms with Gasteiger partial charge in [-0.3, -0.25) is 14.4 Å². The van der Waals surface area contributed by atoms with Crippen LogP contribution < -0.4 is 15.5 Å². The van der Waals surface area contributed by atoms with Crippen LogP contribution in [-0.4, -0.2) is 23.4 Å². The molecule has 0 fully saturated rings. The van der Waals surface area contributed by atoms with E-state index in [0.717, 1.165) is 0 Å². The monoisotopic (exact) mass is 372 g/mol. The summed E-state index contributed by atoms with van der Waals surface area (Å²) in [5.41, 5.74) is -0.399. The number of hydrogen-bond donors (Lipinski definition) is 1. The van der Waals surface area contributed by atoms with Gasteiger partial charge in [0.2, 0.25) is 5.43 Å². The van der Waals surface area contributed by atoms with Crippen LogP contribution >= 0.6 is 0 Å². The summed E-state index contributed by atoms with van der Waals surface area (Å²) >= 11 is 0. The first kappa shape index (κ1) is 18.8. The summed E-state index contributed by atoms with van der Waals surface area (Å²) in [6, 6.07) is 5.70. The van der Waals surface area contributed by atoms with Crippen molar-refractivity contribution in [3.63, 3.8) is 0 Å². The smallest absolute Gasteiger partial charge is 0.257 e. The molecule has 0 bridgehead atoms. The van der Waals surface area contributed by atoms with E-state index >= 15 is 0 Å². The van der Waals surface area contributed by atoms with Gasteiger partial charge in [-0.15, -0.1) is 0 Å². The van der Waals surface area contributed by atoms with E-state index in [4.69, 9.17) is 4.74 Å². The number of fused-ring (bicyclic) bond motifs is 1. The molecule has 0 saturated carbocycles. The van der Waals surface area contributed by atoms with E-state index in [1.807, 2.05) is 13.8 Å². The molecule has 1 amide bonds. The largest absolute Gasteiger partial charge is 0.491 e. The van der Waals surface area contributed by atoms with Gasteiger partial charge in [-0.25, -0.2) is 4.39 Å². The number of ether oxygens (including phenoxy) is 1. The number of Topliss-reactive ketones (excluding diaryl/α,β-unsaturated/α-hetero) is 1. The number of carbonyl (C=O) groups is 2. The number of halogens is 1. The summed E-state index contributed by atoms with van der Waals surface area (Å²) in [6.45, 7) is 4.30. The minimum atomic E-state index is -0.619. The number of aryl methyl sites for hydroxylation is 1. The van der Waals surface area contributed by atoms with E-state index in [2.05, 4.69) is 5.32 Å². The molecule has 27 heavy (non-hydrogen) atoms. The summed E-state index contributed by atoms with van der Waals surface area (Å²) in [6.07, 6.45) is 2.01. The molecule has 2 heterocycles. The third kappa shape index (κ3) is 3.49. The highest BCUT2D eigenvalue weighted by Gasteiger charge is 2.38. The summed E-state index contributed by atoms with van der Waals surface area (Å²) in [7, 11) is 1.31. The Morgan fingerprint density at radius 3 is 2.56 bits per heavy atom. The molecule has 7 heteroatoms. The third-order valence-corrected chi connectivity index (χ3v) is 4.86. The van der Waals surface area contributed by atoms with Crippen molar-refractivity contribution >= 4 is 11.7 Å². The molecule has 1 aliphatic heterocycles. The fourth-order valence-corrected chi connectivity index (χ4v) is 3.11. The van der Waals surface area contributed by atoms with Crippen LogP contribution in [0.4, 0.5) is 4.39 Å². The molecule has 0 radical (unpaired) electrons. The minimum absolute atomic E-state index is 0.0924. The zero-order valence-electron chi connectivity index (χ0n) is 15.5. The van der Waals surface area contributed by atoms with Gasteiger partial charge < -0.3 is 14.6 Å². The highest BCUT2D eigenvalue weighted by Crippen LogP contribution is 2.34. The van der Waals surface area contributed by atoms with Gasteiger partial charge in [0.15, 0.2) is 11.5 Å². The Morgan fingerprint density at radius 2 is 1.93 bits per heavy atom. The summed E-state index contributed by atoms with van der Waals surface area (Å²) < 4.78 is 19.8. The van der Waals surface area contributed by atoms with E-state index in [9.17, 15) is 18.8 Å². The topological polar surface area (TPSA) is 77.4 Å². The van der Waals surface area contributed by atoms with E-state index in [0.29, 0.717) is 18.5 Å². The standard InChI is InChI=1S/C20H21FN2O4/c1-20(2)8-9-23-11-14(16(24)17(27-3)15(23)18(20)25)19(26)22-10-12-4-6-13(21)7-5-12/h4-7,11H,8-10H2,1-3H3,(H,22,26). The fourth-order valence-electron chi connectivity index (χ4n) is 3.11. The van der Waals surface area contributed by atoms with Crippen LogP contribution in [0.25, 0.3) is 0 Å². The van der Waals surface area contributed by atoms with Crippen LogP contribution in [0.5, 0.6) is 5.75 Å². The lowest BCUT2D eigenvalue weighted by Crippen LogP contribution is -2.38. The lowest BCUT2D eigenvalue weighted by molar-refractivity contribution is 0.0769. The van der Waals surface area contributed by atoms with Crippen LogP contribution in [0, 0.1) is 11.2 Å². The normalized spacial score (nSPS) is 15.2. The number of ketones is 1. The molecule has 1 aromatic carbocycles. The average Bonchev–Trinajstić information content (AvgIpc) is 2.64. The van der Waals surface area contributed by atoms with Gasteiger partial charge in [0.25, 0.3) is 5.91 Å². The summed E-state index contributed by atoms with van der Waals surface area (Å²) in [5.74, 6) is -1.23. The molecular weight excluding hydrogens is 351 g/mol. The van der Waals surface area contributed by atoms with E-state index in [1.165, 1.54) is 25.4 Å². The van der Waals surface area contributed by atoms with Crippen molar-refractivity contribution in [2.75, 3.05) is 7.11 Å². The lowest BCUT2D eigenvalue weighted by Gasteiger charge is -2.32. The number of amides is 1. The molecular formula is C20H21FN2O4. The van der Waals surface area contributed by atoms with Gasteiger partial charge in [0, 0.05) is 24.7 Å². The molecule has 0 saturated heterocycles. The Labute approximate surface area is 156 Å². The quantitative estimate of drug-likeness (QED) is 0.895. The molecule has 6 nitrogen and oxygen atoms in total. The molecule has 0 unspecified atom stereocenters. The van der Waals surface area contributed by atoms with Gasteiger partial charge >= 0.3 is 0 Å². The Hall–Kier alpha value is -2.96. The predicted octanol–water partition coefficient (Wildman–Crippen LogP) is 2.54. The van der Waals surface area contributed by atoms with Crippen molar-refractivity contribution in [2.45, 2.75) is 33.4 Å². The van der Waals surface area contributed by atoms with Crippen molar-refractivity contribution in [3.05, 3.63) is 63.3 Å². The van der Waals surface area contributed by atoms with Crippen molar-refractivity contribution < 1.29 is 18.7 Å². The van der Waals surface area contributed by atoms with Gasteiger partial charge in [0.05, 0.1) is 7.11 Å². The maximum Gasteiger partial charge on any atom is 0.257 e. The average molecular weight is 372 g/mol. The lowest BCUT2D eigenvalue weighted by atomic mass is 9.80. The van der Waals surface area contributed by atoms with Crippen molar-refractivity contribution in [1.29, 1.82) is 0 Å². The fraction of sp³-hybridized carbons (Fsp3) is 0.350. The molecule has 0 atom stereocenters. The Kier molecular flexibility index (Phi) is 4.87. The first-order valence-electron chi connectivity index (χ1n) is 8.63. The molecule has 0 spiro atoms. The maximum absolute atomic E-state index is 13.0. The second-order valence-electron chi connectivity index (χ2n) is 7.22. The van der Waals surface area contributed by atoms with Crippen molar-refractivity contribution in [2.24, 2.45) is 5.41 Å². The molecule has 1 aromatic heterocycles. The summed E-state index contributed by atoms with van der Waals surface area (Å²) in [4.78, 5) is 38.0. The number of aromatic nitrogens is 1.